The Morgan fingerprint density at radius 2 is 1.88 bits per heavy atom. The van der Waals surface area contributed by atoms with E-state index in [2.05, 4.69) is 24.3 Å². The SMILES string of the molecule is COCCOC1=CC2C=CC(Cl)=CC2C=C1. The molecule has 0 saturated carbocycles. The van der Waals surface area contributed by atoms with Crippen LogP contribution in [0.15, 0.2) is 47.2 Å². The summed E-state index contributed by atoms with van der Waals surface area (Å²) in [4.78, 5) is 0. The molecule has 0 spiro atoms. The summed E-state index contributed by atoms with van der Waals surface area (Å²) in [6.07, 6.45) is 12.3. The first-order valence-electron chi connectivity index (χ1n) is 5.37. The van der Waals surface area contributed by atoms with Gasteiger partial charge in [0, 0.05) is 24.0 Å². The molecule has 0 aliphatic heterocycles. The minimum Gasteiger partial charge on any atom is -0.492 e. The van der Waals surface area contributed by atoms with Crippen molar-refractivity contribution < 1.29 is 9.47 Å². The molecule has 2 atom stereocenters. The Morgan fingerprint density at radius 3 is 2.69 bits per heavy atom. The second-order valence-corrected chi connectivity index (χ2v) is 4.27. The van der Waals surface area contributed by atoms with E-state index in [9.17, 15) is 0 Å². The van der Waals surface area contributed by atoms with Crippen LogP contribution in [-0.2, 0) is 9.47 Å². The van der Waals surface area contributed by atoms with Crippen molar-refractivity contribution in [3.05, 3.63) is 47.2 Å². The predicted octanol–water partition coefficient (Wildman–Crippen LogP) is 3.03. The molecular weight excluding hydrogens is 224 g/mol. The van der Waals surface area contributed by atoms with Gasteiger partial charge in [0.05, 0.1) is 6.61 Å². The van der Waals surface area contributed by atoms with Gasteiger partial charge in [0.2, 0.25) is 0 Å². The molecule has 0 heterocycles. The molecule has 0 aromatic rings. The van der Waals surface area contributed by atoms with E-state index in [0.29, 0.717) is 25.0 Å². The Kier molecular flexibility index (Phi) is 3.86. The zero-order valence-corrected chi connectivity index (χ0v) is 9.98. The molecule has 3 heteroatoms. The number of hydrogen-bond acceptors (Lipinski definition) is 2. The molecule has 0 aromatic heterocycles. The van der Waals surface area contributed by atoms with Gasteiger partial charge in [-0.05, 0) is 18.2 Å². The van der Waals surface area contributed by atoms with Crippen molar-refractivity contribution >= 4 is 11.6 Å². The van der Waals surface area contributed by atoms with E-state index in [1.54, 1.807) is 7.11 Å². The van der Waals surface area contributed by atoms with Crippen LogP contribution in [0.4, 0.5) is 0 Å². The highest BCUT2D eigenvalue weighted by Gasteiger charge is 2.20. The minimum atomic E-state index is 0.366. The molecule has 2 nitrogen and oxygen atoms in total. The molecule has 0 radical (unpaired) electrons. The quantitative estimate of drug-likeness (QED) is 0.701. The normalized spacial score (nSPS) is 27.1. The summed E-state index contributed by atoms with van der Waals surface area (Å²) in [6, 6.07) is 0. The van der Waals surface area contributed by atoms with E-state index in [1.165, 1.54) is 0 Å². The molecule has 16 heavy (non-hydrogen) atoms. The van der Waals surface area contributed by atoms with E-state index < -0.39 is 0 Å². The van der Waals surface area contributed by atoms with Crippen LogP contribution < -0.4 is 0 Å². The molecule has 2 aliphatic carbocycles. The van der Waals surface area contributed by atoms with Gasteiger partial charge in [-0.1, -0.05) is 29.8 Å². The van der Waals surface area contributed by atoms with Crippen LogP contribution in [0, 0.1) is 11.8 Å². The van der Waals surface area contributed by atoms with Gasteiger partial charge in [-0.15, -0.1) is 0 Å². The predicted molar refractivity (Wildman–Crippen MR) is 65.1 cm³/mol. The lowest BCUT2D eigenvalue weighted by molar-refractivity contribution is 0.113. The van der Waals surface area contributed by atoms with Crippen molar-refractivity contribution in [1.29, 1.82) is 0 Å². The highest BCUT2D eigenvalue weighted by Crippen LogP contribution is 2.31. The maximum absolute atomic E-state index is 5.95. The highest BCUT2D eigenvalue weighted by atomic mass is 35.5. The van der Waals surface area contributed by atoms with Crippen LogP contribution in [-0.4, -0.2) is 20.3 Å². The summed E-state index contributed by atoms with van der Waals surface area (Å²) >= 11 is 5.95. The third-order valence-corrected chi connectivity index (χ3v) is 2.92. The Labute approximate surface area is 101 Å². The number of fused-ring (bicyclic) bond motifs is 1. The van der Waals surface area contributed by atoms with E-state index in [4.69, 9.17) is 21.1 Å². The third-order valence-electron chi connectivity index (χ3n) is 2.67. The Balaban J connectivity index is 1.96. The van der Waals surface area contributed by atoms with E-state index in [1.807, 2.05) is 12.2 Å². The zero-order valence-electron chi connectivity index (χ0n) is 9.23. The number of hydrogen-bond donors (Lipinski definition) is 0. The molecule has 2 rings (SSSR count). The second kappa shape index (κ2) is 5.37. The first kappa shape index (κ1) is 11.5. The number of rotatable bonds is 4. The van der Waals surface area contributed by atoms with Gasteiger partial charge in [0.15, 0.2) is 0 Å². The van der Waals surface area contributed by atoms with Crippen molar-refractivity contribution in [3.63, 3.8) is 0 Å². The summed E-state index contributed by atoms with van der Waals surface area (Å²) in [7, 11) is 1.67. The first-order valence-corrected chi connectivity index (χ1v) is 5.74. The number of methoxy groups -OCH3 is 1. The lowest BCUT2D eigenvalue weighted by Gasteiger charge is -2.23. The fourth-order valence-electron chi connectivity index (χ4n) is 1.82. The molecule has 86 valence electrons. The van der Waals surface area contributed by atoms with Crippen LogP contribution >= 0.6 is 11.6 Å². The number of halogens is 1. The number of allylic oxidation sites excluding steroid dienone is 7. The molecule has 0 bridgehead atoms. The van der Waals surface area contributed by atoms with E-state index >= 15 is 0 Å². The average molecular weight is 239 g/mol. The van der Waals surface area contributed by atoms with Crippen molar-refractivity contribution in [2.24, 2.45) is 11.8 Å². The topological polar surface area (TPSA) is 18.5 Å². The van der Waals surface area contributed by atoms with Gasteiger partial charge in [0.1, 0.15) is 12.4 Å². The van der Waals surface area contributed by atoms with Gasteiger partial charge in [0.25, 0.3) is 0 Å². The molecular formula is C13H15ClO2. The standard InChI is InChI=1S/C13H15ClO2/c1-15-6-7-16-13-5-3-10-8-12(14)4-2-11(10)9-13/h2-5,8-11H,6-7H2,1H3. The van der Waals surface area contributed by atoms with Crippen LogP contribution in [0.1, 0.15) is 0 Å². The van der Waals surface area contributed by atoms with E-state index in [0.717, 1.165) is 10.8 Å². The van der Waals surface area contributed by atoms with Gasteiger partial charge in [-0.25, -0.2) is 0 Å². The van der Waals surface area contributed by atoms with Gasteiger partial charge < -0.3 is 9.47 Å². The second-order valence-electron chi connectivity index (χ2n) is 3.83. The minimum absolute atomic E-state index is 0.366. The molecule has 0 aromatic carbocycles. The molecule has 0 saturated heterocycles. The van der Waals surface area contributed by atoms with Crippen molar-refractivity contribution in [2.75, 3.05) is 20.3 Å². The number of ether oxygens (including phenoxy) is 2. The summed E-state index contributed by atoms with van der Waals surface area (Å²) < 4.78 is 10.5. The van der Waals surface area contributed by atoms with Crippen LogP contribution in [0.3, 0.4) is 0 Å². The van der Waals surface area contributed by atoms with Crippen LogP contribution in [0.25, 0.3) is 0 Å². The van der Waals surface area contributed by atoms with Crippen LogP contribution in [0.5, 0.6) is 0 Å². The zero-order chi connectivity index (χ0) is 11.4. The van der Waals surface area contributed by atoms with Gasteiger partial charge in [-0.2, -0.15) is 0 Å². The lowest BCUT2D eigenvalue weighted by Crippen LogP contribution is -2.14. The monoisotopic (exact) mass is 238 g/mol. The maximum atomic E-state index is 5.95. The Morgan fingerprint density at radius 1 is 1.12 bits per heavy atom. The highest BCUT2D eigenvalue weighted by molar-refractivity contribution is 6.31. The fourth-order valence-corrected chi connectivity index (χ4v) is 2.04. The van der Waals surface area contributed by atoms with Gasteiger partial charge in [-0.3, -0.25) is 0 Å². The maximum Gasteiger partial charge on any atom is 0.115 e. The average Bonchev–Trinajstić information content (AvgIpc) is 2.29. The largest absolute Gasteiger partial charge is 0.492 e. The summed E-state index contributed by atoms with van der Waals surface area (Å²) in [5.74, 6) is 1.65. The summed E-state index contributed by atoms with van der Waals surface area (Å²) in [5.41, 5.74) is 0. The Hall–Kier alpha value is -0.990. The molecule has 0 fully saturated rings. The van der Waals surface area contributed by atoms with Gasteiger partial charge >= 0.3 is 0 Å². The van der Waals surface area contributed by atoms with Crippen molar-refractivity contribution in [3.8, 4) is 0 Å². The molecule has 0 N–H and O–H groups in total. The van der Waals surface area contributed by atoms with E-state index in [-0.39, 0.29) is 0 Å². The lowest BCUT2D eigenvalue weighted by atomic mass is 9.85. The molecule has 0 amide bonds. The smallest absolute Gasteiger partial charge is 0.115 e. The fraction of sp³-hybridized carbons (Fsp3) is 0.385. The summed E-state index contributed by atoms with van der Waals surface area (Å²) in [5, 5.41) is 0.808. The molecule has 2 unspecified atom stereocenters. The third kappa shape index (κ3) is 2.77. The van der Waals surface area contributed by atoms with Crippen molar-refractivity contribution in [1.82, 2.24) is 0 Å². The summed E-state index contributed by atoms with van der Waals surface area (Å²) in [6.45, 7) is 1.20. The van der Waals surface area contributed by atoms with Crippen LogP contribution in [0.2, 0.25) is 0 Å². The first-order chi connectivity index (χ1) is 7.79. The Bertz CT molecular complexity index is 366. The molecule has 2 aliphatic rings. The van der Waals surface area contributed by atoms with Crippen molar-refractivity contribution in [2.45, 2.75) is 0 Å².